The molecule has 0 aromatic carbocycles. The van der Waals surface area contributed by atoms with Crippen molar-refractivity contribution in [2.24, 2.45) is 0 Å². The molecule has 0 saturated carbocycles. The molecular formula is C12H20ClN3OS. The molecule has 102 valence electrons. The molecule has 0 fully saturated rings. The molecule has 18 heavy (non-hydrogen) atoms. The summed E-state index contributed by atoms with van der Waals surface area (Å²) in [5.41, 5.74) is 0. The number of nitrogens with zero attached hydrogens (tertiary/aromatic N) is 3. The summed E-state index contributed by atoms with van der Waals surface area (Å²) in [4.78, 5) is 10.7. The van der Waals surface area contributed by atoms with Gasteiger partial charge in [0.25, 0.3) is 0 Å². The monoisotopic (exact) mass is 289 g/mol. The normalized spacial score (nSPS) is 11.0. The smallest absolute Gasteiger partial charge is 0.190 e. The summed E-state index contributed by atoms with van der Waals surface area (Å²) in [7, 11) is 0. The van der Waals surface area contributed by atoms with E-state index in [1.165, 1.54) is 11.8 Å². The van der Waals surface area contributed by atoms with Crippen LogP contribution in [0.5, 0.6) is 0 Å². The maximum Gasteiger partial charge on any atom is 0.190 e. The lowest BCUT2D eigenvalue weighted by Crippen LogP contribution is -2.37. The van der Waals surface area contributed by atoms with Gasteiger partial charge >= 0.3 is 0 Å². The predicted molar refractivity (Wildman–Crippen MR) is 77.6 cm³/mol. The fraction of sp³-hybridized carbons (Fsp3) is 0.667. The molecule has 0 bridgehead atoms. The number of aromatic nitrogens is 2. The number of hydrogen-bond acceptors (Lipinski definition) is 5. The molecule has 0 aliphatic rings. The first-order valence-electron chi connectivity index (χ1n) is 6.12. The number of aliphatic hydroxyl groups is 1. The summed E-state index contributed by atoms with van der Waals surface area (Å²) in [5, 5.41) is 10.3. The zero-order valence-corrected chi connectivity index (χ0v) is 12.6. The number of halogens is 1. The van der Waals surface area contributed by atoms with Crippen molar-refractivity contribution in [3.63, 3.8) is 0 Å². The van der Waals surface area contributed by atoms with E-state index in [1.54, 1.807) is 6.07 Å². The van der Waals surface area contributed by atoms with E-state index < -0.39 is 0 Å². The third-order valence-electron chi connectivity index (χ3n) is 2.86. The van der Waals surface area contributed by atoms with Crippen LogP contribution in [0.2, 0.25) is 5.15 Å². The molecule has 0 unspecified atom stereocenters. The van der Waals surface area contributed by atoms with E-state index in [1.807, 2.05) is 6.26 Å². The van der Waals surface area contributed by atoms with E-state index in [-0.39, 0.29) is 6.61 Å². The van der Waals surface area contributed by atoms with Crippen molar-refractivity contribution in [2.75, 3.05) is 24.3 Å². The van der Waals surface area contributed by atoms with E-state index in [9.17, 15) is 5.11 Å². The molecule has 1 aromatic heterocycles. The van der Waals surface area contributed by atoms with Gasteiger partial charge in [0.1, 0.15) is 11.0 Å². The fourth-order valence-electron chi connectivity index (χ4n) is 1.95. The second kappa shape index (κ2) is 7.81. The van der Waals surface area contributed by atoms with Gasteiger partial charge in [-0.15, -0.1) is 0 Å². The fourth-order valence-corrected chi connectivity index (χ4v) is 2.55. The largest absolute Gasteiger partial charge is 0.395 e. The number of rotatable bonds is 7. The number of hydrogen-bond donors (Lipinski definition) is 1. The molecule has 1 N–H and O–H groups in total. The zero-order chi connectivity index (χ0) is 13.5. The molecule has 0 amide bonds. The molecule has 0 atom stereocenters. The van der Waals surface area contributed by atoms with Gasteiger partial charge in [0.2, 0.25) is 0 Å². The van der Waals surface area contributed by atoms with Crippen LogP contribution < -0.4 is 4.90 Å². The second-order valence-electron chi connectivity index (χ2n) is 3.92. The van der Waals surface area contributed by atoms with Crippen molar-refractivity contribution >= 4 is 29.2 Å². The lowest BCUT2D eigenvalue weighted by atomic mass is 10.1. The SMILES string of the molecule is CCC(CC)N(CCO)c1cc(Cl)nc(SC)n1. The van der Waals surface area contributed by atoms with Crippen LogP contribution in [0.15, 0.2) is 11.2 Å². The Morgan fingerprint density at radius 1 is 1.39 bits per heavy atom. The lowest BCUT2D eigenvalue weighted by Gasteiger charge is -2.31. The van der Waals surface area contributed by atoms with Crippen molar-refractivity contribution in [3.05, 3.63) is 11.2 Å². The van der Waals surface area contributed by atoms with Gasteiger partial charge in [0.15, 0.2) is 5.16 Å². The van der Waals surface area contributed by atoms with E-state index in [0.717, 1.165) is 18.7 Å². The number of aliphatic hydroxyl groups excluding tert-OH is 1. The van der Waals surface area contributed by atoms with Gasteiger partial charge in [0, 0.05) is 18.7 Å². The molecule has 1 rings (SSSR count). The van der Waals surface area contributed by atoms with Crippen LogP contribution in [-0.2, 0) is 0 Å². The molecule has 6 heteroatoms. The minimum atomic E-state index is 0.104. The average Bonchev–Trinajstić information content (AvgIpc) is 2.38. The first-order valence-corrected chi connectivity index (χ1v) is 7.72. The summed E-state index contributed by atoms with van der Waals surface area (Å²) >= 11 is 7.47. The van der Waals surface area contributed by atoms with Crippen LogP contribution in [0.3, 0.4) is 0 Å². The van der Waals surface area contributed by atoms with Gasteiger partial charge in [0.05, 0.1) is 6.61 Å². The highest BCUT2D eigenvalue weighted by molar-refractivity contribution is 7.98. The van der Waals surface area contributed by atoms with Gasteiger partial charge in [-0.05, 0) is 19.1 Å². The van der Waals surface area contributed by atoms with E-state index >= 15 is 0 Å². The summed E-state index contributed by atoms with van der Waals surface area (Å²) < 4.78 is 0. The highest BCUT2D eigenvalue weighted by Crippen LogP contribution is 2.23. The Labute approximate surface area is 118 Å². The van der Waals surface area contributed by atoms with Crippen molar-refractivity contribution in [1.29, 1.82) is 0 Å². The summed E-state index contributed by atoms with van der Waals surface area (Å²) in [6, 6.07) is 2.12. The number of thioether (sulfide) groups is 1. The van der Waals surface area contributed by atoms with Gasteiger partial charge in [-0.3, -0.25) is 0 Å². The van der Waals surface area contributed by atoms with Crippen molar-refractivity contribution in [3.8, 4) is 0 Å². The Hall–Kier alpha value is -0.520. The standard InChI is InChI=1S/C12H20ClN3OS/c1-4-9(5-2)16(6-7-17)11-8-10(13)14-12(15-11)18-3/h8-9,17H,4-7H2,1-3H3. The molecule has 0 saturated heterocycles. The molecule has 0 spiro atoms. The van der Waals surface area contributed by atoms with Crippen molar-refractivity contribution in [2.45, 2.75) is 37.9 Å². The summed E-state index contributed by atoms with van der Waals surface area (Å²) in [5.74, 6) is 0.794. The van der Waals surface area contributed by atoms with E-state index in [4.69, 9.17) is 11.6 Å². The number of anilines is 1. The minimum absolute atomic E-state index is 0.104. The van der Waals surface area contributed by atoms with Crippen LogP contribution in [0.25, 0.3) is 0 Å². The van der Waals surface area contributed by atoms with Crippen molar-refractivity contribution < 1.29 is 5.11 Å². The Kier molecular flexibility index (Phi) is 6.75. The summed E-state index contributed by atoms with van der Waals surface area (Å²) in [6.07, 6.45) is 3.93. The van der Waals surface area contributed by atoms with Crippen LogP contribution >= 0.6 is 23.4 Å². The molecular weight excluding hydrogens is 270 g/mol. The third-order valence-corrected chi connectivity index (χ3v) is 3.60. The van der Waals surface area contributed by atoms with Gasteiger partial charge in [-0.1, -0.05) is 37.2 Å². The first-order chi connectivity index (χ1) is 8.65. The molecule has 0 aliphatic heterocycles. The average molecular weight is 290 g/mol. The minimum Gasteiger partial charge on any atom is -0.395 e. The Morgan fingerprint density at radius 2 is 2.06 bits per heavy atom. The third kappa shape index (κ3) is 4.00. The highest BCUT2D eigenvalue weighted by atomic mass is 35.5. The maximum atomic E-state index is 9.21. The van der Waals surface area contributed by atoms with Gasteiger partial charge in [-0.2, -0.15) is 0 Å². The quantitative estimate of drug-likeness (QED) is 0.475. The molecule has 1 aromatic rings. The molecule has 4 nitrogen and oxygen atoms in total. The molecule has 0 radical (unpaired) electrons. The first kappa shape index (κ1) is 15.5. The van der Waals surface area contributed by atoms with E-state index in [0.29, 0.717) is 22.9 Å². The van der Waals surface area contributed by atoms with Crippen LogP contribution in [0.1, 0.15) is 26.7 Å². The Balaban J connectivity index is 3.07. The van der Waals surface area contributed by atoms with Gasteiger partial charge in [-0.25, -0.2) is 9.97 Å². The Morgan fingerprint density at radius 3 is 2.56 bits per heavy atom. The van der Waals surface area contributed by atoms with Crippen LogP contribution in [0.4, 0.5) is 5.82 Å². The predicted octanol–water partition coefficient (Wildman–Crippen LogP) is 2.84. The lowest BCUT2D eigenvalue weighted by molar-refractivity contribution is 0.295. The maximum absolute atomic E-state index is 9.21. The van der Waals surface area contributed by atoms with Crippen LogP contribution in [-0.4, -0.2) is 40.5 Å². The van der Waals surface area contributed by atoms with Gasteiger partial charge < -0.3 is 10.0 Å². The molecule has 0 aliphatic carbocycles. The second-order valence-corrected chi connectivity index (χ2v) is 5.08. The Bertz CT molecular complexity index is 374. The zero-order valence-electron chi connectivity index (χ0n) is 11.1. The topological polar surface area (TPSA) is 49.2 Å². The molecule has 1 heterocycles. The van der Waals surface area contributed by atoms with Crippen molar-refractivity contribution in [1.82, 2.24) is 9.97 Å². The highest BCUT2D eigenvalue weighted by Gasteiger charge is 2.17. The van der Waals surface area contributed by atoms with Crippen LogP contribution in [0, 0.1) is 0 Å². The van der Waals surface area contributed by atoms with E-state index in [2.05, 4.69) is 28.7 Å². The summed E-state index contributed by atoms with van der Waals surface area (Å²) in [6.45, 7) is 4.94.